The molecule has 1 aliphatic carbocycles. The molecule has 1 aromatic carbocycles. The Bertz CT molecular complexity index is 524. The molecule has 1 heterocycles. The Morgan fingerprint density at radius 1 is 1.29 bits per heavy atom. The summed E-state index contributed by atoms with van der Waals surface area (Å²) >= 11 is 0. The zero-order chi connectivity index (χ0) is 11.8. The van der Waals surface area contributed by atoms with E-state index in [9.17, 15) is 0 Å². The van der Waals surface area contributed by atoms with Crippen LogP contribution in [-0.2, 0) is 6.54 Å². The minimum atomic E-state index is 0.634. The molecule has 3 heteroatoms. The maximum atomic E-state index is 6.21. The zero-order valence-corrected chi connectivity index (χ0v) is 10.1. The SMILES string of the molecule is CCn1c(C2CC2)nc(-c2ccccc2)c1N. The van der Waals surface area contributed by atoms with Crippen LogP contribution in [0.2, 0.25) is 0 Å². The Morgan fingerprint density at radius 2 is 2.00 bits per heavy atom. The van der Waals surface area contributed by atoms with Crippen LogP contribution in [0.25, 0.3) is 11.3 Å². The van der Waals surface area contributed by atoms with Crippen molar-refractivity contribution in [2.24, 2.45) is 0 Å². The summed E-state index contributed by atoms with van der Waals surface area (Å²) in [6.07, 6.45) is 2.51. The van der Waals surface area contributed by atoms with Crippen molar-refractivity contribution in [1.29, 1.82) is 0 Å². The van der Waals surface area contributed by atoms with Crippen molar-refractivity contribution in [3.8, 4) is 11.3 Å². The molecule has 0 radical (unpaired) electrons. The van der Waals surface area contributed by atoms with Gasteiger partial charge in [-0.15, -0.1) is 0 Å². The number of anilines is 1. The van der Waals surface area contributed by atoms with E-state index < -0.39 is 0 Å². The molecule has 2 aromatic rings. The number of nitrogens with two attached hydrogens (primary N) is 1. The van der Waals surface area contributed by atoms with Crippen molar-refractivity contribution in [3.05, 3.63) is 36.2 Å². The molecule has 1 aliphatic rings. The summed E-state index contributed by atoms with van der Waals surface area (Å²) in [5.74, 6) is 2.61. The second-order valence-electron chi connectivity index (χ2n) is 4.59. The van der Waals surface area contributed by atoms with Gasteiger partial charge in [-0.2, -0.15) is 0 Å². The number of hydrogen-bond acceptors (Lipinski definition) is 2. The van der Waals surface area contributed by atoms with Gasteiger partial charge in [0.15, 0.2) is 0 Å². The van der Waals surface area contributed by atoms with E-state index in [0.717, 1.165) is 23.6 Å². The summed E-state index contributed by atoms with van der Waals surface area (Å²) in [6.45, 7) is 3.02. The first kappa shape index (κ1) is 10.4. The predicted octanol–water partition coefficient (Wildman–Crippen LogP) is 3.03. The summed E-state index contributed by atoms with van der Waals surface area (Å²) in [7, 11) is 0. The molecule has 0 unspecified atom stereocenters. The number of rotatable bonds is 3. The van der Waals surface area contributed by atoms with Gasteiger partial charge in [0.25, 0.3) is 0 Å². The molecule has 3 nitrogen and oxygen atoms in total. The maximum absolute atomic E-state index is 6.21. The molecule has 88 valence electrons. The van der Waals surface area contributed by atoms with Gasteiger partial charge in [-0.3, -0.25) is 0 Å². The largest absolute Gasteiger partial charge is 0.383 e. The molecule has 0 amide bonds. The molecule has 1 aromatic heterocycles. The van der Waals surface area contributed by atoms with Gasteiger partial charge < -0.3 is 10.3 Å². The van der Waals surface area contributed by atoms with Gasteiger partial charge in [0.2, 0.25) is 0 Å². The first-order valence-electron chi connectivity index (χ1n) is 6.22. The average molecular weight is 227 g/mol. The van der Waals surface area contributed by atoms with Gasteiger partial charge in [-0.1, -0.05) is 30.3 Å². The number of nitrogen functional groups attached to an aromatic ring is 1. The quantitative estimate of drug-likeness (QED) is 0.875. The Balaban J connectivity index is 2.11. The Hall–Kier alpha value is -1.77. The van der Waals surface area contributed by atoms with Crippen molar-refractivity contribution in [2.45, 2.75) is 32.2 Å². The third-order valence-corrected chi connectivity index (χ3v) is 3.34. The Labute approximate surface area is 101 Å². The van der Waals surface area contributed by atoms with Crippen molar-refractivity contribution in [1.82, 2.24) is 9.55 Å². The highest BCUT2D eigenvalue weighted by Gasteiger charge is 2.30. The zero-order valence-electron chi connectivity index (χ0n) is 10.1. The molecule has 0 saturated heterocycles. The van der Waals surface area contributed by atoms with Crippen molar-refractivity contribution in [3.63, 3.8) is 0 Å². The van der Waals surface area contributed by atoms with Crippen LogP contribution in [0.1, 0.15) is 31.5 Å². The van der Waals surface area contributed by atoms with Crippen molar-refractivity contribution in [2.75, 3.05) is 5.73 Å². The predicted molar refractivity (Wildman–Crippen MR) is 69.7 cm³/mol. The highest BCUT2D eigenvalue weighted by molar-refractivity contribution is 5.71. The molecule has 3 rings (SSSR count). The van der Waals surface area contributed by atoms with E-state index in [1.165, 1.54) is 18.7 Å². The summed E-state index contributed by atoms with van der Waals surface area (Å²) in [4.78, 5) is 4.75. The fourth-order valence-corrected chi connectivity index (χ4v) is 2.28. The van der Waals surface area contributed by atoms with E-state index in [1.807, 2.05) is 18.2 Å². The lowest BCUT2D eigenvalue weighted by Crippen LogP contribution is -2.04. The molecule has 0 spiro atoms. The second-order valence-corrected chi connectivity index (χ2v) is 4.59. The first-order chi connectivity index (χ1) is 8.31. The molecule has 2 N–H and O–H groups in total. The van der Waals surface area contributed by atoms with Gasteiger partial charge >= 0.3 is 0 Å². The van der Waals surface area contributed by atoms with Crippen LogP contribution in [-0.4, -0.2) is 9.55 Å². The number of benzene rings is 1. The summed E-state index contributed by atoms with van der Waals surface area (Å²) in [6, 6.07) is 10.2. The van der Waals surface area contributed by atoms with Crippen LogP contribution >= 0.6 is 0 Å². The Morgan fingerprint density at radius 3 is 2.59 bits per heavy atom. The van der Waals surface area contributed by atoms with Gasteiger partial charge in [-0.25, -0.2) is 4.98 Å². The van der Waals surface area contributed by atoms with E-state index in [0.29, 0.717) is 5.92 Å². The lowest BCUT2D eigenvalue weighted by molar-refractivity contribution is 0.708. The van der Waals surface area contributed by atoms with Gasteiger partial charge in [0.05, 0.1) is 0 Å². The van der Waals surface area contributed by atoms with Crippen molar-refractivity contribution < 1.29 is 0 Å². The standard InChI is InChI=1S/C14H17N3/c1-2-17-13(15)12(10-6-4-3-5-7-10)16-14(17)11-8-9-11/h3-7,11H,2,8-9,15H2,1H3. The molecule has 1 fully saturated rings. The second kappa shape index (κ2) is 3.91. The Kier molecular flexibility index (Phi) is 2.39. The number of aromatic nitrogens is 2. The monoisotopic (exact) mass is 227 g/mol. The number of nitrogens with zero attached hydrogens (tertiary/aromatic N) is 2. The van der Waals surface area contributed by atoms with Gasteiger partial charge in [-0.05, 0) is 19.8 Å². The molecule has 0 bridgehead atoms. The topological polar surface area (TPSA) is 43.8 Å². The van der Waals surface area contributed by atoms with Gasteiger partial charge in [0.1, 0.15) is 17.3 Å². The third-order valence-electron chi connectivity index (χ3n) is 3.34. The molecular weight excluding hydrogens is 210 g/mol. The summed E-state index contributed by atoms with van der Waals surface area (Å²) in [5, 5.41) is 0. The van der Waals surface area contributed by atoms with Gasteiger partial charge in [0, 0.05) is 18.0 Å². The van der Waals surface area contributed by atoms with Crippen LogP contribution in [0.5, 0.6) is 0 Å². The van der Waals surface area contributed by atoms with Crippen LogP contribution in [0, 0.1) is 0 Å². The summed E-state index contributed by atoms with van der Waals surface area (Å²) < 4.78 is 2.15. The van der Waals surface area contributed by atoms with Crippen LogP contribution in [0.15, 0.2) is 30.3 Å². The van der Waals surface area contributed by atoms with E-state index in [4.69, 9.17) is 10.7 Å². The molecule has 0 aliphatic heterocycles. The summed E-state index contributed by atoms with van der Waals surface area (Å²) in [5.41, 5.74) is 8.26. The van der Waals surface area contributed by atoms with Crippen LogP contribution in [0.4, 0.5) is 5.82 Å². The van der Waals surface area contributed by atoms with Crippen LogP contribution in [0.3, 0.4) is 0 Å². The fraction of sp³-hybridized carbons (Fsp3) is 0.357. The average Bonchev–Trinajstić information content (AvgIpc) is 3.15. The molecule has 0 atom stereocenters. The minimum Gasteiger partial charge on any atom is -0.383 e. The van der Waals surface area contributed by atoms with Crippen molar-refractivity contribution >= 4 is 5.82 Å². The molecule has 1 saturated carbocycles. The lowest BCUT2D eigenvalue weighted by Gasteiger charge is -2.05. The molecular formula is C14H17N3. The minimum absolute atomic E-state index is 0.634. The molecule has 17 heavy (non-hydrogen) atoms. The number of imidazole rings is 1. The lowest BCUT2D eigenvalue weighted by atomic mass is 10.1. The normalized spacial score (nSPS) is 15.1. The smallest absolute Gasteiger partial charge is 0.131 e. The first-order valence-corrected chi connectivity index (χ1v) is 6.22. The van der Waals surface area contributed by atoms with E-state index >= 15 is 0 Å². The third kappa shape index (κ3) is 1.71. The highest BCUT2D eigenvalue weighted by Crippen LogP contribution is 2.42. The van der Waals surface area contributed by atoms with E-state index in [-0.39, 0.29) is 0 Å². The highest BCUT2D eigenvalue weighted by atomic mass is 15.1. The fourth-order valence-electron chi connectivity index (χ4n) is 2.28. The number of hydrogen-bond donors (Lipinski definition) is 1. The maximum Gasteiger partial charge on any atom is 0.131 e. The van der Waals surface area contributed by atoms with E-state index in [2.05, 4.69) is 23.6 Å². The van der Waals surface area contributed by atoms with Crippen LogP contribution < -0.4 is 5.73 Å². The van der Waals surface area contributed by atoms with E-state index in [1.54, 1.807) is 0 Å².